The van der Waals surface area contributed by atoms with E-state index in [1.807, 2.05) is 60.7 Å². The van der Waals surface area contributed by atoms with Crippen molar-refractivity contribution in [3.63, 3.8) is 0 Å². The van der Waals surface area contributed by atoms with Crippen LogP contribution in [-0.2, 0) is 0 Å². The van der Waals surface area contributed by atoms with Crippen molar-refractivity contribution in [3.05, 3.63) is 71.8 Å². The Hall–Kier alpha value is -2.17. The van der Waals surface area contributed by atoms with Gasteiger partial charge in [0.25, 0.3) is 0 Å². The molecule has 19 heavy (non-hydrogen) atoms. The van der Waals surface area contributed by atoms with E-state index >= 15 is 0 Å². The molecule has 4 nitrogen and oxygen atoms in total. The quantitative estimate of drug-likeness (QED) is 0.438. The van der Waals surface area contributed by atoms with Crippen LogP contribution in [0.3, 0.4) is 0 Å². The maximum atomic E-state index is 9.28. The van der Waals surface area contributed by atoms with Gasteiger partial charge in [-0.1, -0.05) is 65.8 Å². The van der Waals surface area contributed by atoms with Crippen LogP contribution >= 0.6 is 0 Å². The fourth-order valence-electron chi connectivity index (χ4n) is 1.96. The number of oxime groups is 1. The molecule has 1 atom stereocenters. The van der Waals surface area contributed by atoms with Gasteiger partial charge in [0, 0.05) is 6.42 Å². The zero-order valence-corrected chi connectivity index (χ0v) is 10.4. The predicted octanol–water partition coefficient (Wildman–Crippen LogP) is 2.98. The minimum Gasteiger partial charge on any atom is -0.411 e. The van der Waals surface area contributed by atoms with Gasteiger partial charge >= 0.3 is 0 Å². The van der Waals surface area contributed by atoms with E-state index in [1.54, 1.807) is 0 Å². The molecule has 0 aliphatic heterocycles. The lowest BCUT2D eigenvalue weighted by atomic mass is 9.98. The number of rotatable bonds is 5. The highest BCUT2D eigenvalue weighted by Crippen LogP contribution is 2.19. The summed E-state index contributed by atoms with van der Waals surface area (Å²) >= 11 is 0. The van der Waals surface area contributed by atoms with Crippen molar-refractivity contribution in [2.45, 2.75) is 12.5 Å². The lowest BCUT2D eigenvalue weighted by Gasteiger charge is -2.16. The van der Waals surface area contributed by atoms with Gasteiger partial charge in [0.2, 0.25) is 0 Å². The first-order chi connectivity index (χ1) is 9.35. The molecule has 0 bridgehead atoms. The summed E-state index contributed by atoms with van der Waals surface area (Å²) in [5.41, 5.74) is 4.55. The second-order valence-corrected chi connectivity index (χ2v) is 4.21. The number of hydroxylamine groups is 1. The minimum absolute atomic E-state index is 0.313. The summed E-state index contributed by atoms with van der Waals surface area (Å²) in [5, 5.41) is 21.8. The smallest absolute Gasteiger partial charge is 0.0887 e. The molecule has 0 saturated carbocycles. The number of nitrogens with one attached hydrogen (secondary N) is 1. The molecule has 2 rings (SSSR count). The zero-order valence-electron chi connectivity index (χ0n) is 10.4. The summed E-state index contributed by atoms with van der Waals surface area (Å²) in [5.74, 6) is 0. The van der Waals surface area contributed by atoms with Gasteiger partial charge in [-0.2, -0.15) is 5.48 Å². The first-order valence-electron chi connectivity index (χ1n) is 6.06. The summed E-state index contributed by atoms with van der Waals surface area (Å²) in [6.45, 7) is 0. The molecule has 2 aromatic rings. The Balaban J connectivity index is 2.18. The van der Waals surface area contributed by atoms with Crippen LogP contribution in [0.25, 0.3) is 0 Å². The van der Waals surface area contributed by atoms with E-state index in [0.717, 1.165) is 11.1 Å². The van der Waals surface area contributed by atoms with Crippen molar-refractivity contribution >= 4 is 5.71 Å². The van der Waals surface area contributed by atoms with Crippen LogP contribution in [0.15, 0.2) is 65.8 Å². The summed E-state index contributed by atoms with van der Waals surface area (Å²) in [4.78, 5) is 0. The van der Waals surface area contributed by atoms with Crippen LogP contribution < -0.4 is 5.48 Å². The summed E-state index contributed by atoms with van der Waals surface area (Å²) in [6, 6.07) is 18.6. The fraction of sp³-hybridized carbons (Fsp3) is 0.133. The molecule has 1 unspecified atom stereocenters. The van der Waals surface area contributed by atoms with Gasteiger partial charge in [-0.25, -0.2) is 0 Å². The van der Waals surface area contributed by atoms with Crippen LogP contribution in [0.4, 0.5) is 0 Å². The van der Waals surface area contributed by atoms with Crippen molar-refractivity contribution < 1.29 is 10.4 Å². The Bertz CT molecular complexity index is 526. The van der Waals surface area contributed by atoms with Gasteiger partial charge in [-0.15, -0.1) is 0 Å². The molecule has 0 aliphatic carbocycles. The van der Waals surface area contributed by atoms with Gasteiger partial charge in [0.05, 0.1) is 11.8 Å². The fourth-order valence-corrected chi connectivity index (χ4v) is 1.96. The maximum Gasteiger partial charge on any atom is 0.0887 e. The number of hydrogen-bond donors (Lipinski definition) is 3. The molecule has 0 heterocycles. The van der Waals surface area contributed by atoms with Crippen molar-refractivity contribution in [1.29, 1.82) is 0 Å². The van der Waals surface area contributed by atoms with Crippen LogP contribution in [0.1, 0.15) is 23.6 Å². The largest absolute Gasteiger partial charge is 0.411 e. The Kier molecular flexibility index (Phi) is 4.66. The highest BCUT2D eigenvalue weighted by Gasteiger charge is 2.15. The van der Waals surface area contributed by atoms with Crippen LogP contribution in [-0.4, -0.2) is 16.1 Å². The molecular weight excluding hydrogens is 240 g/mol. The second kappa shape index (κ2) is 6.68. The topological polar surface area (TPSA) is 64.9 Å². The standard InChI is InChI=1S/C15H16N2O2/c18-16-14(12-7-3-1-4-8-12)11-15(17-19)13-9-5-2-6-10-13/h1-10,14,16,18-19H,11H2/b17-15+. The predicted molar refractivity (Wildman–Crippen MR) is 73.5 cm³/mol. The van der Waals surface area contributed by atoms with Crippen LogP contribution in [0, 0.1) is 0 Å². The Morgan fingerprint density at radius 1 is 1.00 bits per heavy atom. The van der Waals surface area contributed by atoms with E-state index in [9.17, 15) is 5.21 Å². The molecule has 0 aromatic heterocycles. The summed E-state index contributed by atoms with van der Waals surface area (Å²) in [6.07, 6.45) is 0.390. The Morgan fingerprint density at radius 3 is 2.11 bits per heavy atom. The normalized spacial score (nSPS) is 13.2. The van der Waals surface area contributed by atoms with E-state index in [2.05, 4.69) is 10.6 Å². The second-order valence-electron chi connectivity index (χ2n) is 4.21. The third-order valence-corrected chi connectivity index (χ3v) is 2.98. The molecule has 0 saturated heterocycles. The van der Waals surface area contributed by atoms with Gasteiger partial charge in [0.1, 0.15) is 0 Å². The third kappa shape index (κ3) is 3.40. The molecule has 0 amide bonds. The number of nitrogens with zero attached hydrogens (tertiary/aromatic N) is 1. The molecule has 0 radical (unpaired) electrons. The highest BCUT2D eigenvalue weighted by atomic mass is 16.5. The number of benzene rings is 2. The summed E-state index contributed by atoms with van der Waals surface area (Å²) < 4.78 is 0. The van der Waals surface area contributed by atoms with Gasteiger partial charge < -0.3 is 10.4 Å². The highest BCUT2D eigenvalue weighted by molar-refractivity contribution is 6.00. The molecule has 0 fully saturated rings. The molecule has 4 heteroatoms. The van der Waals surface area contributed by atoms with E-state index in [0.29, 0.717) is 12.1 Å². The lowest BCUT2D eigenvalue weighted by molar-refractivity contribution is 0.128. The zero-order chi connectivity index (χ0) is 13.5. The van der Waals surface area contributed by atoms with E-state index in [4.69, 9.17) is 5.21 Å². The van der Waals surface area contributed by atoms with Gasteiger partial charge in [-0.3, -0.25) is 0 Å². The van der Waals surface area contributed by atoms with Crippen molar-refractivity contribution in [1.82, 2.24) is 5.48 Å². The maximum absolute atomic E-state index is 9.28. The molecule has 2 aromatic carbocycles. The van der Waals surface area contributed by atoms with Crippen molar-refractivity contribution in [3.8, 4) is 0 Å². The SMILES string of the molecule is O/N=C(\CC(NO)c1ccccc1)c1ccccc1. The number of hydrogen-bond acceptors (Lipinski definition) is 4. The molecule has 98 valence electrons. The average molecular weight is 256 g/mol. The molecule has 3 N–H and O–H groups in total. The first-order valence-corrected chi connectivity index (χ1v) is 6.06. The Morgan fingerprint density at radius 2 is 1.58 bits per heavy atom. The molecule has 0 spiro atoms. The van der Waals surface area contributed by atoms with Crippen molar-refractivity contribution in [2.24, 2.45) is 5.16 Å². The lowest BCUT2D eigenvalue weighted by Crippen LogP contribution is -2.21. The minimum atomic E-state index is -0.313. The van der Waals surface area contributed by atoms with Crippen LogP contribution in [0.5, 0.6) is 0 Å². The monoisotopic (exact) mass is 256 g/mol. The van der Waals surface area contributed by atoms with Gasteiger partial charge in [0.15, 0.2) is 0 Å². The molecule has 0 aliphatic rings. The van der Waals surface area contributed by atoms with Crippen molar-refractivity contribution in [2.75, 3.05) is 0 Å². The van der Waals surface area contributed by atoms with E-state index < -0.39 is 0 Å². The third-order valence-electron chi connectivity index (χ3n) is 2.98. The van der Waals surface area contributed by atoms with Crippen LogP contribution in [0.2, 0.25) is 0 Å². The average Bonchev–Trinajstić information content (AvgIpc) is 2.50. The first kappa shape index (κ1) is 13.3. The Labute approximate surface area is 112 Å². The summed E-state index contributed by atoms with van der Waals surface area (Å²) in [7, 11) is 0. The van der Waals surface area contributed by atoms with E-state index in [-0.39, 0.29) is 6.04 Å². The van der Waals surface area contributed by atoms with E-state index in [1.165, 1.54) is 0 Å². The van der Waals surface area contributed by atoms with Gasteiger partial charge in [-0.05, 0) is 11.1 Å². The molecular formula is C15H16N2O2.